The number of carbonyl (C=O) groups is 3. The van der Waals surface area contributed by atoms with Crippen LogP contribution in [0, 0.1) is 0 Å². The molecule has 3 heterocycles. The van der Waals surface area contributed by atoms with Gasteiger partial charge in [-0.15, -0.1) is 0 Å². The Labute approximate surface area is 243 Å². The summed E-state index contributed by atoms with van der Waals surface area (Å²) in [6.07, 6.45) is 0.486. The third kappa shape index (κ3) is 6.23. The van der Waals surface area contributed by atoms with Gasteiger partial charge in [0.2, 0.25) is 5.95 Å². The van der Waals surface area contributed by atoms with Gasteiger partial charge in [0.05, 0.1) is 5.69 Å². The first-order chi connectivity index (χ1) is 19.7. The Morgan fingerprint density at radius 3 is 2.54 bits per heavy atom. The average Bonchev–Trinajstić information content (AvgIpc) is 2.98. The number of aromatic nitrogens is 3. The summed E-state index contributed by atoms with van der Waals surface area (Å²) in [6, 6.07) is 14.6. The molecule has 0 bridgehead atoms. The molecule has 0 unspecified atom stereocenters. The number of anilines is 2. The molecule has 0 saturated carbocycles. The maximum Gasteiger partial charge on any atom is 0.407 e. The van der Waals surface area contributed by atoms with Gasteiger partial charge in [-0.3, -0.25) is 14.4 Å². The van der Waals surface area contributed by atoms with E-state index in [-0.39, 0.29) is 34.9 Å². The highest BCUT2D eigenvalue weighted by Crippen LogP contribution is 2.22. The molecule has 210 valence electrons. The summed E-state index contributed by atoms with van der Waals surface area (Å²) in [6.45, 7) is 1.66. The number of H-pyrrole nitrogens is 1. The SMILES string of the molecule is O=C(NCc1cccc(Cl)c1)c1cccc(N(Cl)C(=O)c2cc3cnc(N4CCN(C(=O)O)CC4)nc3[nH]c2=O)c1. The van der Waals surface area contributed by atoms with Crippen LogP contribution in [-0.4, -0.2) is 69.0 Å². The van der Waals surface area contributed by atoms with Crippen LogP contribution in [0.4, 0.5) is 16.4 Å². The molecule has 2 aromatic carbocycles. The van der Waals surface area contributed by atoms with Gasteiger partial charge in [-0.25, -0.2) is 14.2 Å². The van der Waals surface area contributed by atoms with Gasteiger partial charge in [0.25, 0.3) is 17.4 Å². The normalized spacial score (nSPS) is 13.2. The second-order valence-electron chi connectivity index (χ2n) is 9.19. The molecule has 2 aromatic heterocycles. The van der Waals surface area contributed by atoms with Gasteiger partial charge in [-0.1, -0.05) is 29.8 Å². The Morgan fingerprint density at radius 1 is 1.05 bits per heavy atom. The first-order valence-electron chi connectivity index (χ1n) is 12.5. The lowest BCUT2D eigenvalue weighted by atomic mass is 10.1. The van der Waals surface area contributed by atoms with Crippen LogP contribution in [-0.2, 0) is 6.54 Å². The highest BCUT2D eigenvalue weighted by Gasteiger charge is 2.24. The molecular weight excluding hydrogens is 573 g/mol. The highest BCUT2D eigenvalue weighted by molar-refractivity contribution is 6.39. The lowest BCUT2D eigenvalue weighted by Gasteiger charge is -2.33. The molecule has 0 spiro atoms. The number of aromatic amines is 1. The molecule has 12 nitrogen and oxygen atoms in total. The Kier molecular flexibility index (Phi) is 8.04. The molecule has 1 saturated heterocycles. The van der Waals surface area contributed by atoms with Crippen LogP contribution in [0.3, 0.4) is 0 Å². The summed E-state index contributed by atoms with van der Waals surface area (Å²) >= 11 is 12.3. The van der Waals surface area contributed by atoms with Crippen LogP contribution in [0.2, 0.25) is 5.02 Å². The van der Waals surface area contributed by atoms with Gasteiger partial charge in [0, 0.05) is 66.7 Å². The third-order valence-corrected chi connectivity index (χ3v) is 7.08. The van der Waals surface area contributed by atoms with Crippen molar-refractivity contribution >= 4 is 64.0 Å². The number of amides is 3. The number of piperazine rings is 1. The van der Waals surface area contributed by atoms with Crippen molar-refractivity contribution in [1.29, 1.82) is 0 Å². The number of halogens is 2. The van der Waals surface area contributed by atoms with Gasteiger partial charge in [-0.05, 0) is 42.0 Å². The molecule has 0 atom stereocenters. The zero-order valence-electron chi connectivity index (χ0n) is 21.4. The lowest BCUT2D eigenvalue weighted by molar-refractivity contribution is 0.0948. The maximum atomic E-state index is 13.2. The predicted molar refractivity (Wildman–Crippen MR) is 154 cm³/mol. The fourth-order valence-corrected chi connectivity index (χ4v) is 4.73. The molecule has 1 aliphatic rings. The summed E-state index contributed by atoms with van der Waals surface area (Å²) in [5.74, 6) is -0.855. The number of hydrogen-bond acceptors (Lipinski definition) is 7. The molecule has 0 aliphatic carbocycles. The van der Waals surface area contributed by atoms with Crippen molar-refractivity contribution in [3.05, 3.63) is 92.9 Å². The van der Waals surface area contributed by atoms with Crippen LogP contribution in [0.15, 0.2) is 65.6 Å². The van der Waals surface area contributed by atoms with E-state index in [1.54, 1.807) is 30.3 Å². The van der Waals surface area contributed by atoms with Crippen molar-refractivity contribution in [3.63, 3.8) is 0 Å². The standard InChI is InChI=1S/C27H23Cl2N7O5/c28-19-5-1-3-16(11-19)14-30-23(37)17-4-2-6-20(12-17)36(29)25(39)21-13-18-15-31-26(33-22(18)32-24(21)38)34-7-9-35(10-8-34)27(40)41/h1-6,11-13,15H,7-10,14H2,(H,30,37)(H,40,41)(H,31,32,33,38). The number of benzene rings is 2. The van der Waals surface area contributed by atoms with E-state index in [1.165, 1.54) is 29.3 Å². The maximum absolute atomic E-state index is 13.2. The number of carboxylic acid groups (broad SMARTS) is 1. The molecule has 4 aromatic rings. The number of fused-ring (bicyclic) bond motifs is 1. The monoisotopic (exact) mass is 595 g/mol. The van der Waals surface area contributed by atoms with Crippen LogP contribution >= 0.6 is 23.4 Å². The van der Waals surface area contributed by atoms with Crippen LogP contribution in [0.1, 0.15) is 26.3 Å². The van der Waals surface area contributed by atoms with E-state index in [4.69, 9.17) is 28.5 Å². The number of pyridine rings is 1. The molecule has 41 heavy (non-hydrogen) atoms. The summed E-state index contributed by atoms with van der Waals surface area (Å²) in [5, 5.41) is 12.9. The first-order valence-corrected chi connectivity index (χ1v) is 13.2. The van der Waals surface area contributed by atoms with Gasteiger partial charge >= 0.3 is 6.09 Å². The largest absolute Gasteiger partial charge is 0.465 e. The van der Waals surface area contributed by atoms with Crippen molar-refractivity contribution in [2.24, 2.45) is 0 Å². The van der Waals surface area contributed by atoms with E-state index in [2.05, 4.69) is 20.3 Å². The van der Waals surface area contributed by atoms with Gasteiger partial charge < -0.3 is 25.2 Å². The minimum absolute atomic E-state index is 0.193. The van der Waals surface area contributed by atoms with Crippen molar-refractivity contribution in [2.75, 3.05) is 35.5 Å². The van der Waals surface area contributed by atoms with Crippen molar-refractivity contribution in [1.82, 2.24) is 25.2 Å². The zero-order valence-corrected chi connectivity index (χ0v) is 22.9. The van der Waals surface area contributed by atoms with Gasteiger partial charge in [-0.2, -0.15) is 4.98 Å². The smallest absolute Gasteiger partial charge is 0.407 e. The molecular formula is C27H23Cl2N7O5. The Balaban J connectivity index is 1.30. The molecule has 1 aliphatic heterocycles. The number of hydrogen-bond donors (Lipinski definition) is 3. The van der Waals surface area contributed by atoms with Gasteiger partial charge in [0.1, 0.15) is 11.2 Å². The Hall–Kier alpha value is -4.68. The molecule has 1 fully saturated rings. The summed E-state index contributed by atoms with van der Waals surface area (Å²) < 4.78 is 0.765. The molecule has 5 rings (SSSR count). The zero-order chi connectivity index (χ0) is 29.1. The average molecular weight is 596 g/mol. The topological polar surface area (TPSA) is 152 Å². The number of nitrogens with zero attached hydrogens (tertiary/aromatic N) is 5. The number of nitrogens with one attached hydrogen (secondary N) is 2. The second-order valence-corrected chi connectivity index (χ2v) is 9.97. The fraction of sp³-hybridized carbons (Fsp3) is 0.185. The minimum atomic E-state index is -0.984. The van der Waals surface area contributed by atoms with Crippen LogP contribution in [0.25, 0.3) is 11.0 Å². The van der Waals surface area contributed by atoms with E-state index in [1.807, 2.05) is 11.0 Å². The summed E-state index contributed by atoms with van der Waals surface area (Å²) in [7, 11) is 0. The Bertz CT molecular complexity index is 1710. The molecule has 14 heteroatoms. The van der Waals surface area contributed by atoms with E-state index < -0.39 is 17.6 Å². The van der Waals surface area contributed by atoms with Crippen molar-refractivity contribution in [3.8, 4) is 0 Å². The van der Waals surface area contributed by atoms with Crippen molar-refractivity contribution < 1.29 is 19.5 Å². The van der Waals surface area contributed by atoms with Crippen LogP contribution in [0.5, 0.6) is 0 Å². The number of carbonyl (C=O) groups excluding carboxylic acids is 2. The lowest BCUT2D eigenvalue weighted by Crippen LogP contribution is -2.48. The van der Waals surface area contributed by atoms with Gasteiger partial charge in [0.15, 0.2) is 0 Å². The van der Waals surface area contributed by atoms with Crippen molar-refractivity contribution in [2.45, 2.75) is 6.54 Å². The van der Waals surface area contributed by atoms with E-state index >= 15 is 0 Å². The summed E-state index contributed by atoms with van der Waals surface area (Å²) in [4.78, 5) is 64.3. The molecule has 3 N–H and O–H groups in total. The molecule has 3 amide bonds. The summed E-state index contributed by atoms with van der Waals surface area (Å²) in [5.41, 5.74) is 0.554. The van der Waals surface area contributed by atoms with E-state index in [0.717, 1.165) is 9.98 Å². The highest BCUT2D eigenvalue weighted by atomic mass is 35.5. The minimum Gasteiger partial charge on any atom is -0.465 e. The predicted octanol–water partition coefficient (Wildman–Crippen LogP) is 3.50. The first kappa shape index (κ1) is 27.9. The fourth-order valence-electron chi connectivity index (χ4n) is 4.32. The van der Waals surface area contributed by atoms with E-state index in [0.29, 0.717) is 42.5 Å². The number of rotatable bonds is 6. The van der Waals surface area contributed by atoms with Crippen LogP contribution < -0.4 is 20.2 Å². The third-order valence-electron chi connectivity index (χ3n) is 6.50. The molecule has 0 radical (unpaired) electrons. The second kappa shape index (κ2) is 11.8. The quantitative estimate of drug-likeness (QED) is 0.286. The van der Waals surface area contributed by atoms with E-state index in [9.17, 15) is 19.2 Å². The Morgan fingerprint density at radius 2 is 1.80 bits per heavy atom.